The monoisotopic (exact) mass is 400 g/mol. The zero-order valence-electron chi connectivity index (χ0n) is 13.7. The Hall–Kier alpha value is -2.98. The average molecular weight is 401 g/mol. The van der Waals surface area contributed by atoms with Crippen molar-refractivity contribution in [2.45, 2.75) is 0 Å². The van der Waals surface area contributed by atoms with Gasteiger partial charge in [0.15, 0.2) is 17.0 Å². The summed E-state index contributed by atoms with van der Waals surface area (Å²) in [7, 11) is 0. The van der Waals surface area contributed by atoms with Gasteiger partial charge in [-0.3, -0.25) is 0 Å². The Morgan fingerprint density at radius 3 is 2.08 bits per heavy atom. The van der Waals surface area contributed by atoms with Crippen LogP contribution in [0.4, 0.5) is 0 Å². The van der Waals surface area contributed by atoms with Gasteiger partial charge in [0.2, 0.25) is 0 Å². The smallest absolute Gasteiger partial charge is 0.180 e. The predicted molar refractivity (Wildman–Crippen MR) is 108 cm³/mol. The molecule has 124 valence electrons. The summed E-state index contributed by atoms with van der Waals surface area (Å²) in [4.78, 5) is 9.68. The van der Waals surface area contributed by atoms with Crippen molar-refractivity contribution in [3.05, 3.63) is 83.3 Å². The van der Waals surface area contributed by atoms with Crippen molar-refractivity contribution < 1.29 is 4.42 Å². The van der Waals surface area contributed by atoms with Gasteiger partial charge in [0.25, 0.3) is 0 Å². The normalized spacial score (nSPS) is 11.3. The first-order valence-corrected chi connectivity index (χ1v) is 9.10. The van der Waals surface area contributed by atoms with E-state index in [0.29, 0.717) is 11.4 Å². The Morgan fingerprint density at radius 2 is 1.35 bits per heavy atom. The third-order valence-corrected chi connectivity index (χ3v) is 5.00. The summed E-state index contributed by atoms with van der Waals surface area (Å²) in [6, 6.07) is 26.1. The molecule has 0 bridgehead atoms. The number of para-hydroxylation sites is 1. The van der Waals surface area contributed by atoms with Crippen molar-refractivity contribution in [1.82, 2.24) is 9.97 Å². The van der Waals surface area contributed by atoms with Crippen molar-refractivity contribution in [3.63, 3.8) is 0 Å². The van der Waals surface area contributed by atoms with Gasteiger partial charge >= 0.3 is 0 Å². The molecule has 0 radical (unpaired) electrons. The van der Waals surface area contributed by atoms with E-state index >= 15 is 0 Å². The van der Waals surface area contributed by atoms with Gasteiger partial charge in [-0.15, -0.1) is 0 Å². The molecule has 0 aliphatic heterocycles. The van der Waals surface area contributed by atoms with Crippen molar-refractivity contribution in [1.29, 1.82) is 0 Å². The first kappa shape index (κ1) is 15.3. The van der Waals surface area contributed by atoms with Gasteiger partial charge in [0, 0.05) is 16.5 Å². The quantitative estimate of drug-likeness (QED) is 0.340. The van der Waals surface area contributed by atoms with Crippen LogP contribution in [0.25, 0.3) is 44.7 Å². The molecule has 0 unspecified atom stereocenters. The van der Waals surface area contributed by atoms with Crippen LogP contribution in [0.1, 0.15) is 0 Å². The largest absolute Gasteiger partial charge is 0.451 e. The zero-order valence-corrected chi connectivity index (χ0v) is 15.3. The fourth-order valence-corrected chi connectivity index (χ4v) is 3.59. The molecule has 0 amide bonds. The highest BCUT2D eigenvalue weighted by molar-refractivity contribution is 9.10. The lowest BCUT2D eigenvalue weighted by molar-refractivity contribution is 0.665. The van der Waals surface area contributed by atoms with Gasteiger partial charge in [0.05, 0.1) is 4.47 Å². The fraction of sp³-hybridized carbons (Fsp3) is 0. The SMILES string of the molecule is Brc1cccc2c1oc1c(-c3ccccc3)nc(-c3ccccc3)nc12. The summed E-state index contributed by atoms with van der Waals surface area (Å²) in [6.45, 7) is 0. The minimum absolute atomic E-state index is 0.694. The Balaban J connectivity index is 1.92. The highest BCUT2D eigenvalue weighted by atomic mass is 79.9. The lowest BCUT2D eigenvalue weighted by Crippen LogP contribution is -1.93. The van der Waals surface area contributed by atoms with E-state index in [1.165, 1.54) is 0 Å². The van der Waals surface area contributed by atoms with Crippen molar-refractivity contribution in [2.24, 2.45) is 0 Å². The fourth-order valence-electron chi connectivity index (χ4n) is 3.14. The summed E-state index contributed by atoms with van der Waals surface area (Å²) in [6.07, 6.45) is 0. The van der Waals surface area contributed by atoms with Crippen LogP contribution in [-0.4, -0.2) is 9.97 Å². The molecule has 0 aliphatic carbocycles. The number of hydrogen-bond acceptors (Lipinski definition) is 3. The highest BCUT2D eigenvalue weighted by Gasteiger charge is 2.18. The van der Waals surface area contributed by atoms with E-state index in [1.54, 1.807) is 0 Å². The third-order valence-electron chi connectivity index (χ3n) is 4.37. The van der Waals surface area contributed by atoms with E-state index in [4.69, 9.17) is 14.4 Å². The molecule has 0 atom stereocenters. The average Bonchev–Trinajstić information content (AvgIpc) is 3.09. The second-order valence-electron chi connectivity index (χ2n) is 6.02. The molecule has 4 heteroatoms. The summed E-state index contributed by atoms with van der Waals surface area (Å²) in [5, 5.41) is 0.978. The molecule has 26 heavy (non-hydrogen) atoms. The molecule has 2 heterocycles. The van der Waals surface area contributed by atoms with Crippen LogP contribution in [0.5, 0.6) is 0 Å². The van der Waals surface area contributed by atoms with E-state index < -0.39 is 0 Å². The molecular formula is C22H13BrN2O. The van der Waals surface area contributed by atoms with Gasteiger partial charge < -0.3 is 4.42 Å². The maximum atomic E-state index is 6.19. The van der Waals surface area contributed by atoms with Gasteiger partial charge in [-0.25, -0.2) is 9.97 Å². The summed E-state index contributed by atoms with van der Waals surface area (Å²) >= 11 is 3.58. The molecule has 3 aromatic carbocycles. The number of aromatic nitrogens is 2. The molecule has 0 N–H and O–H groups in total. The molecule has 0 fully saturated rings. The van der Waals surface area contributed by atoms with Crippen LogP contribution in [0, 0.1) is 0 Å². The number of rotatable bonds is 2. The minimum Gasteiger partial charge on any atom is -0.451 e. The van der Waals surface area contributed by atoms with E-state index in [0.717, 1.165) is 37.8 Å². The van der Waals surface area contributed by atoms with Crippen LogP contribution < -0.4 is 0 Å². The van der Waals surface area contributed by atoms with Crippen LogP contribution in [0.3, 0.4) is 0 Å². The summed E-state index contributed by atoms with van der Waals surface area (Å²) in [5.74, 6) is 0.694. The van der Waals surface area contributed by atoms with E-state index in [1.807, 2.05) is 78.9 Å². The Morgan fingerprint density at radius 1 is 0.654 bits per heavy atom. The topological polar surface area (TPSA) is 38.9 Å². The first-order chi connectivity index (χ1) is 12.8. The molecule has 5 rings (SSSR count). The third kappa shape index (κ3) is 2.42. The van der Waals surface area contributed by atoms with Gasteiger partial charge in [-0.2, -0.15) is 0 Å². The number of nitrogens with zero attached hydrogens (tertiary/aromatic N) is 2. The van der Waals surface area contributed by atoms with Crippen molar-refractivity contribution in [2.75, 3.05) is 0 Å². The van der Waals surface area contributed by atoms with E-state index in [2.05, 4.69) is 15.9 Å². The second-order valence-corrected chi connectivity index (χ2v) is 6.88. The van der Waals surface area contributed by atoms with Crippen molar-refractivity contribution >= 4 is 38.0 Å². The molecule has 0 saturated carbocycles. The van der Waals surface area contributed by atoms with Crippen LogP contribution >= 0.6 is 15.9 Å². The zero-order chi connectivity index (χ0) is 17.5. The van der Waals surface area contributed by atoms with Gasteiger partial charge in [-0.1, -0.05) is 66.7 Å². The molecular weight excluding hydrogens is 388 g/mol. The van der Waals surface area contributed by atoms with Gasteiger partial charge in [0.1, 0.15) is 11.2 Å². The van der Waals surface area contributed by atoms with Gasteiger partial charge in [-0.05, 0) is 28.1 Å². The number of fused-ring (bicyclic) bond motifs is 3. The molecule has 2 aromatic heterocycles. The lowest BCUT2D eigenvalue weighted by Gasteiger charge is -2.05. The number of benzene rings is 3. The predicted octanol–water partition coefficient (Wildman–Crippen LogP) is 6.47. The first-order valence-electron chi connectivity index (χ1n) is 8.31. The number of hydrogen-bond donors (Lipinski definition) is 0. The summed E-state index contributed by atoms with van der Waals surface area (Å²) < 4.78 is 7.10. The Labute approximate surface area is 158 Å². The maximum Gasteiger partial charge on any atom is 0.180 e. The molecule has 0 spiro atoms. The van der Waals surface area contributed by atoms with Crippen LogP contribution in [0.15, 0.2) is 87.8 Å². The molecule has 3 nitrogen and oxygen atoms in total. The molecule has 0 aliphatic rings. The van der Waals surface area contributed by atoms with Crippen LogP contribution in [-0.2, 0) is 0 Å². The standard InChI is InChI=1S/C22H13BrN2O/c23-17-13-7-12-16-19-21(26-20(16)17)18(14-8-3-1-4-9-14)24-22(25-19)15-10-5-2-6-11-15/h1-13H. The Kier molecular flexibility index (Phi) is 3.57. The summed E-state index contributed by atoms with van der Waals surface area (Å²) in [5.41, 5.74) is 5.12. The number of halogens is 1. The second kappa shape index (κ2) is 6.07. The minimum atomic E-state index is 0.694. The Bertz CT molecular complexity index is 1230. The van der Waals surface area contributed by atoms with Crippen LogP contribution in [0.2, 0.25) is 0 Å². The lowest BCUT2D eigenvalue weighted by atomic mass is 10.1. The maximum absolute atomic E-state index is 6.19. The van der Waals surface area contributed by atoms with E-state index in [-0.39, 0.29) is 0 Å². The van der Waals surface area contributed by atoms with E-state index in [9.17, 15) is 0 Å². The highest BCUT2D eigenvalue weighted by Crippen LogP contribution is 2.37. The molecule has 0 saturated heterocycles. The van der Waals surface area contributed by atoms with Crippen molar-refractivity contribution in [3.8, 4) is 22.6 Å². The molecule has 5 aromatic rings. The number of furan rings is 1.